The third-order valence-corrected chi connectivity index (χ3v) is 3.97. The van der Waals surface area contributed by atoms with Gasteiger partial charge in [-0.25, -0.2) is 4.79 Å². The van der Waals surface area contributed by atoms with Crippen LogP contribution in [-0.4, -0.2) is 17.7 Å². The van der Waals surface area contributed by atoms with E-state index >= 15 is 0 Å². The molecule has 3 rings (SSSR count). The van der Waals surface area contributed by atoms with Crippen LogP contribution in [0, 0.1) is 0 Å². The Balaban J connectivity index is 1.68. The van der Waals surface area contributed by atoms with Gasteiger partial charge >= 0.3 is 6.09 Å². The lowest BCUT2D eigenvalue weighted by Gasteiger charge is -2.21. The zero-order chi connectivity index (χ0) is 17.2. The molecule has 0 saturated heterocycles. The molecule has 0 aliphatic heterocycles. The smallest absolute Gasteiger partial charge is 0.412 e. The molecular formula is C20H24N2O2. The van der Waals surface area contributed by atoms with Crippen molar-refractivity contribution >= 4 is 17.5 Å². The molecule has 4 heteroatoms. The van der Waals surface area contributed by atoms with Crippen LogP contribution in [0.25, 0.3) is 0 Å². The summed E-state index contributed by atoms with van der Waals surface area (Å²) in [6.07, 6.45) is 1.56. The first-order valence-electron chi connectivity index (χ1n) is 8.33. The molecule has 2 aromatic carbocycles. The van der Waals surface area contributed by atoms with Gasteiger partial charge < -0.3 is 10.1 Å². The van der Waals surface area contributed by atoms with Crippen LogP contribution in [0.5, 0.6) is 0 Å². The number of benzene rings is 2. The number of carbonyl (C=O) groups excluding carboxylic acids is 1. The number of rotatable bonds is 3. The van der Waals surface area contributed by atoms with Crippen molar-refractivity contribution in [2.24, 2.45) is 0 Å². The summed E-state index contributed by atoms with van der Waals surface area (Å²) in [4.78, 5) is 12.0. The number of para-hydroxylation sites is 2. The Hall–Kier alpha value is -2.49. The van der Waals surface area contributed by atoms with Gasteiger partial charge in [-0.15, -0.1) is 0 Å². The maximum Gasteiger partial charge on any atom is 0.412 e. The average Bonchev–Trinajstić information content (AvgIpc) is 2.89. The molecule has 2 N–H and O–H groups in total. The summed E-state index contributed by atoms with van der Waals surface area (Å²) in [7, 11) is 0. The van der Waals surface area contributed by atoms with Crippen molar-refractivity contribution in [2.75, 3.05) is 10.6 Å². The molecule has 2 aromatic rings. The number of carbonyl (C=O) groups is 1. The van der Waals surface area contributed by atoms with Crippen molar-refractivity contribution in [1.82, 2.24) is 0 Å². The first-order valence-corrected chi connectivity index (χ1v) is 8.33. The highest BCUT2D eigenvalue weighted by molar-refractivity contribution is 5.89. The minimum absolute atomic E-state index is 0.337. The maximum atomic E-state index is 12.0. The third-order valence-electron chi connectivity index (χ3n) is 3.97. The standard InChI is InChI=1S/C20H24N2O2/c1-20(2,3)24-19(23)22-18-11-7-6-10-17(18)21-16-12-14-8-4-5-9-15(14)13-16/h4-11,16,21H,12-13H2,1-3H3,(H,22,23). The molecule has 1 aliphatic rings. The van der Waals surface area contributed by atoms with Gasteiger partial charge in [0.2, 0.25) is 0 Å². The molecule has 1 amide bonds. The minimum Gasteiger partial charge on any atom is -0.444 e. The Bertz CT molecular complexity index is 709. The summed E-state index contributed by atoms with van der Waals surface area (Å²) in [5.41, 5.74) is 3.93. The molecule has 4 nitrogen and oxygen atoms in total. The van der Waals surface area contributed by atoms with Gasteiger partial charge in [-0.05, 0) is 56.9 Å². The molecule has 0 aromatic heterocycles. The fourth-order valence-corrected chi connectivity index (χ4v) is 3.01. The maximum absolute atomic E-state index is 12.0. The average molecular weight is 324 g/mol. The largest absolute Gasteiger partial charge is 0.444 e. The topological polar surface area (TPSA) is 50.4 Å². The zero-order valence-electron chi connectivity index (χ0n) is 14.4. The van der Waals surface area contributed by atoms with Gasteiger partial charge in [-0.1, -0.05) is 36.4 Å². The molecule has 126 valence electrons. The van der Waals surface area contributed by atoms with Crippen LogP contribution in [0.1, 0.15) is 31.9 Å². The molecule has 24 heavy (non-hydrogen) atoms. The van der Waals surface area contributed by atoms with Crippen molar-refractivity contribution in [1.29, 1.82) is 0 Å². The fraction of sp³-hybridized carbons (Fsp3) is 0.350. The predicted octanol–water partition coefficient (Wildman–Crippen LogP) is 4.61. The van der Waals surface area contributed by atoms with Crippen LogP contribution in [-0.2, 0) is 17.6 Å². The predicted molar refractivity (Wildman–Crippen MR) is 97.6 cm³/mol. The van der Waals surface area contributed by atoms with E-state index in [0.29, 0.717) is 6.04 Å². The molecular weight excluding hydrogens is 300 g/mol. The molecule has 0 radical (unpaired) electrons. The number of fused-ring (bicyclic) bond motifs is 1. The van der Waals surface area contributed by atoms with Crippen molar-refractivity contribution in [2.45, 2.75) is 45.3 Å². The Labute approximate surface area is 143 Å². The highest BCUT2D eigenvalue weighted by Crippen LogP contribution is 2.28. The van der Waals surface area contributed by atoms with Crippen LogP contribution in [0.3, 0.4) is 0 Å². The summed E-state index contributed by atoms with van der Waals surface area (Å²) < 4.78 is 5.34. The SMILES string of the molecule is CC(C)(C)OC(=O)Nc1ccccc1NC1Cc2ccccc2C1. The zero-order valence-corrected chi connectivity index (χ0v) is 14.4. The number of hydrogen-bond acceptors (Lipinski definition) is 3. The van der Waals surface area contributed by atoms with Crippen LogP contribution < -0.4 is 10.6 Å². The quantitative estimate of drug-likeness (QED) is 0.866. The monoisotopic (exact) mass is 324 g/mol. The van der Waals surface area contributed by atoms with E-state index in [1.807, 2.05) is 45.0 Å². The molecule has 0 saturated carbocycles. The summed E-state index contributed by atoms with van der Waals surface area (Å²) >= 11 is 0. The fourth-order valence-electron chi connectivity index (χ4n) is 3.01. The van der Waals surface area contributed by atoms with E-state index in [1.54, 1.807) is 0 Å². The van der Waals surface area contributed by atoms with Gasteiger partial charge in [0.05, 0.1) is 11.4 Å². The number of nitrogens with one attached hydrogen (secondary N) is 2. The third kappa shape index (κ3) is 4.07. The van der Waals surface area contributed by atoms with Crippen LogP contribution in [0.15, 0.2) is 48.5 Å². The summed E-state index contributed by atoms with van der Waals surface area (Å²) in [5, 5.41) is 6.39. The van der Waals surface area contributed by atoms with E-state index in [0.717, 1.165) is 24.2 Å². The van der Waals surface area contributed by atoms with Gasteiger partial charge in [0.15, 0.2) is 0 Å². The Morgan fingerprint density at radius 3 is 2.08 bits per heavy atom. The normalized spacial score (nSPS) is 14.1. The van der Waals surface area contributed by atoms with Gasteiger partial charge in [0, 0.05) is 6.04 Å². The lowest BCUT2D eigenvalue weighted by molar-refractivity contribution is 0.0636. The minimum atomic E-state index is -0.514. The molecule has 0 fully saturated rings. The number of amides is 1. The highest BCUT2D eigenvalue weighted by atomic mass is 16.6. The summed E-state index contributed by atoms with van der Waals surface area (Å²) in [6.45, 7) is 5.56. The molecule has 0 atom stereocenters. The molecule has 0 bridgehead atoms. The summed E-state index contributed by atoms with van der Waals surface area (Å²) in [5.74, 6) is 0. The lowest BCUT2D eigenvalue weighted by Crippen LogP contribution is -2.28. The van der Waals surface area contributed by atoms with E-state index in [4.69, 9.17) is 4.74 Å². The van der Waals surface area contributed by atoms with Crippen molar-refractivity contribution in [3.8, 4) is 0 Å². The Morgan fingerprint density at radius 2 is 1.50 bits per heavy atom. The number of ether oxygens (including phenoxy) is 1. The Morgan fingerprint density at radius 1 is 0.958 bits per heavy atom. The molecule has 0 heterocycles. The molecule has 1 aliphatic carbocycles. The van der Waals surface area contributed by atoms with Crippen LogP contribution >= 0.6 is 0 Å². The second-order valence-corrected chi connectivity index (χ2v) is 7.19. The first-order chi connectivity index (χ1) is 11.4. The van der Waals surface area contributed by atoms with Crippen LogP contribution in [0.4, 0.5) is 16.2 Å². The van der Waals surface area contributed by atoms with Gasteiger partial charge in [-0.3, -0.25) is 5.32 Å². The van der Waals surface area contributed by atoms with Crippen molar-refractivity contribution in [3.63, 3.8) is 0 Å². The van der Waals surface area contributed by atoms with E-state index in [-0.39, 0.29) is 0 Å². The van der Waals surface area contributed by atoms with Gasteiger partial charge in [0.1, 0.15) is 5.60 Å². The van der Waals surface area contributed by atoms with E-state index in [2.05, 4.69) is 34.9 Å². The van der Waals surface area contributed by atoms with Crippen molar-refractivity contribution in [3.05, 3.63) is 59.7 Å². The van der Waals surface area contributed by atoms with E-state index in [1.165, 1.54) is 11.1 Å². The number of hydrogen-bond donors (Lipinski definition) is 2. The highest BCUT2D eigenvalue weighted by Gasteiger charge is 2.22. The first kappa shape index (κ1) is 16.4. The van der Waals surface area contributed by atoms with E-state index < -0.39 is 11.7 Å². The lowest BCUT2D eigenvalue weighted by atomic mass is 10.1. The Kier molecular flexibility index (Phi) is 4.47. The van der Waals surface area contributed by atoms with Gasteiger partial charge in [-0.2, -0.15) is 0 Å². The second kappa shape index (κ2) is 6.56. The summed E-state index contributed by atoms with van der Waals surface area (Å²) in [6, 6.07) is 16.6. The van der Waals surface area contributed by atoms with Gasteiger partial charge in [0.25, 0.3) is 0 Å². The second-order valence-electron chi connectivity index (χ2n) is 7.19. The molecule has 0 spiro atoms. The van der Waals surface area contributed by atoms with Crippen molar-refractivity contribution < 1.29 is 9.53 Å². The number of anilines is 2. The molecule has 0 unspecified atom stereocenters. The van der Waals surface area contributed by atoms with E-state index in [9.17, 15) is 4.79 Å². The van der Waals surface area contributed by atoms with Crippen LogP contribution in [0.2, 0.25) is 0 Å².